The van der Waals surface area contributed by atoms with Gasteiger partial charge in [0.25, 0.3) is 0 Å². The second kappa shape index (κ2) is 3.86. The zero-order chi connectivity index (χ0) is 4.50. The third-order valence-corrected chi connectivity index (χ3v) is 0. The number of hydrogen-bond donors (Lipinski definition) is 3. The van der Waals surface area contributed by atoms with Gasteiger partial charge < -0.3 is 14.7 Å². The molecule has 0 aromatic rings. The average Bonchev–Trinajstić information content (AvgIpc) is 0.722. The Bertz CT molecular complexity index is 53.7. The van der Waals surface area contributed by atoms with Gasteiger partial charge in [-0.05, 0) is 0 Å². The van der Waals surface area contributed by atoms with Crippen molar-refractivity contribution in [2.45, 2.75) is 0 Å². The zero-order valence-corrected chi connectivity index (χ0v) is 9.01. The van der Waals surface area contributed by atoms with Crippen molar-refractivity contribution in [3.8, 4) is 0 Å². The van der Waals surface area contributed by atoms with Gasteiger partial charge in [-0.25, -0.2) is 4.57 Å². The molecule has 6 heavy (non-hydrogen) atoms. The van der Waals surface area contributed by atoms with Crippen molar-refractivity contribution in [3.05, 3.63) is 0 Å². The van der Waals surface area contributed by atoms with E-state index >= 15 is 0 Å². The van der Waals surface area contributed by atoms with E-state index in [1.165, 1.54) is 0 Å². The van der Waals surface area contributed by atoms with Crippen LogP contribution in [0.1, 0.15) is 0 Å². The van der Waals surface area contributed by atoms with E-state index in [-0.39, 0.29) is 58.2 Å². The van der Waals surface area contributed by atoms with Gasteiger partial charge >= 0.3 is 7.82 Å². The summed E-state index contributed by atoms with van der Waals surface area (Å²) < 4.78 is 8.88. The van der Waals surface area contributed by atoms with Crippen LogP contribution in [0.15, 0.2) is 0 Å². The summed E-state index contributed by atoms with van der Waals surface area (Å²) in [5.74, 6) is 0. The fourth-order valence-electron chi connectivity index (χ4n) is 0. The van der Waals surface area contributed by atoms with Crippen molar-refractivity contribution >= 4 is 66.0 Å². The molecule has 0 aromatic carbocycles. The van der Waals surface area contributed by atoms with E-state index in [9.17, 15) is 0 Å². The normalized spacial score (nSPS) is 9.83. The molecule has 0 bridgehead atoms. The SMILES string of the molecule is O=P(O)(O)O.[Rb]. The smallest absolute Gasteiger partial charge is 0.303 e. The van der Waals surface area contributed by atoms with Gasteiger partial charge in [0.1, 0.15) is 0 Å². The molecule has 4 nitrogen and oxygen atoms in total. The summed E-state index contributed by atoms with van der Waals surface area (Å²) in [6, 6.07) is 0. The van der Waals surface area contributed by atoms with Gasteiger partial charge in [0.2, 0.25) is 0 Å². The quantitative estimate of drug-likeness (QED) is 0.408. The van der Waals surface area contributed by atoms with Crippen LogP contribution in [-0.4, -0.2) is 72.9 Å². The molecule has 0 aliphatic rings. The van der Waals surface area contributed by atoms with E-state index in [1.54, 1.807) is 0 Å². The second-order valence-corrected chi connectivity index (χ2v) is 1.54. The maximum atomic E-state index is 8.88. The molecule has 0 aromatic heterocycles. The van der Waals surface area contributed by atoms with E-state index in [0.717, 1.165) is 0 Å². The zero-order valence-electron chi connectivity index (χ0n) is 3.20. The van der Waals surface area contributed by atoms with Crippen molar-refractivity contribution in [1.29, 1.82) is 0 Å². The molecule has 0 rings (SSSR count). The third kappa shape index (κ3) is 39.0. The average molecular weight is 183 g/mol. The van der Waals surface area contributed by atoms with Gasteiger partial charge in [-0.2, -0.15) is 0 Å². The Morgan fingerprint density at radius 3 is 1.17 bits per heavy atom. The Kier molecular flexibility index (Phi) is 6.96. The molecule has 0 atom stereocenters. The van der Waals surface area contributed by atoms with Crippen molar-refractivity contribution in [2.75, 3.05) is 0 Å². The molecule has 0 heterocycles. The predicted octanol–water partition coefficient (Wildman–Crippen LogP) is -1.31. The minimum absolute atomic E-state index is 0. The summed E-state index contributed by atoms with van der Waals surface area (Å²) in [6.45, 7) is 0. The molecular weight excluding hydrogens is 180 g/mol. The summed E-state index contributed by atoms with van der Waals surface area (Å²) >= 11 is 0. The molecule has 3 N–H and O–H groups in total. The summed E-state index contributed by atoms with van der Waals surface area (Å²) in [6.07, 6.45) is 0. The molecule has 0 aliphatic carbocycles. The molecule has 0 saturated carbocycles. The van der Waals surface area contributed by atoms with Gasteiger partial charge in [0.15, 0.2) is 0 Å². The third-order valence-electron chi connectivity index (χ3n) is 0. The van der Waals surface area contributed by atoms with Crippen LogP contribution in [0.2, 0.25) is 0 Å². The van der Waals surface area contributed by atoms with Crippen molar-refractivity contribution < 1.29 is 19.2 Å². The molecule has 1 radical (unpaired) electrons. The summed E-state index contributed by atoms with van der Waals surface area (Å²) in [5.41, 5.74) is 0. The van der Waals surface area contributed by atoms with Gasteiger partial charge in [-0.15, -0.1) is 0 Å². The first kappa shape index (κ1) is 10.8. The van der Waals surface area contributed by atoms with E-state index in [2.05, 4.69) is 0 Å². The minimum Gasteiger partial charge on any atom is -0.303 e. The molecular formula is H3O4PRb. The predicted molar refractivity (Wildman–Crippen MR) is 20.0 cm³/mol. The molecule has 0 aliphatic heterocycles. The number of hydrogen-bond acceptors (Lipinski definition) is 1. The van der Waals surface area contributed by atoms with Crippen LogP contribution >= 0.6 is 7.82 Å². The van der Waals surface area contributed by atoms with Crippen LogP contribution in [0.25, 0.3) is 0 Å². The van der Waals surface area contributed by atoms with Crippen LogP contribution in [0, 0.1) is 0 Å². The molecule has 0 fully saturated rings. The van der Waals surface area contributed by atoms with Gasteiger partial charge in [0.05, 0.1) is 0 Å². The molecule has 0 saturated heterocycles. The first-order valence-electron chi connectivity index (χ1n) is 0.783. The van der Waals surface area contributed by atoms with Crippen molar-refractivity contribution in [3.63, 3.8) is 0 Å². The molecule has 0 spiro atoms. The summed E-state index contributed by atoms with van der Waals surface area (Å²) in [7, 11) is -4.64. The summed E-state index contributed by atoms with van der Waals surface area (Å²) in [5, 5.41) is 0. The van der Waals surface area contributed by atoms with E-state index in [4.69, 9.17) is 19.2 Å². The van der Waals surface area contributed by atoms with E-state index in [1.807, 2.05) is 0 Å². The molecule has 6 heteroatoms. The molecule has 0 unspecified atom stereocenters. The van der Waals surface area contributed by atoms with Gasteiger partial charge in [-0.1, -0.05) is 0 Å². The second-order valence-electron chi connectivity index (χ2n) is 0.513. The molecule has 33 valence electrons. The summed E-state index contributed by atoms with van der Waals surface area (Å²) in [4.78, 5) is 21.6. The van der Waals surface area contributed by atoms with Crippen LogP contribution in [0.3, 0.4) is 0 Å². The maximum Gasteiger partial charge on any atom is 0.466 e. The topological polar surface area (TPSA) is 77.8 Å². The monoisotopic (exact) mass is 183 g/mol. The Morgan fingerprint density at radius 2 is 1.17 bits per heavy atom. The molecule has 0 amide bonds. The van der Waals surface area contributed by atoms with Crippen LogP contribution in [-0.2, 0) is 4.57 Å². The van der Waals surface area contributed by atoms with E-state index in [0.29, 0.717) is 0 Å². The standard InChI is InChI=1S/H3O4P.Rb/c1-5(2,3)4;/h(H3,1,2,3,4);. The maximum absolute atomic E-state index is 8.88. The first-order chi connectivity index (χ1) is 2.00. The Hall–Kier alpha value is 1.92. The Balaban J connectivity index is 0. The van der Waals surface area contributed by atoms with Crippen LogP contribution < -0.4 is 0 Å². The van der Waals surface area contributed by atoms with Crippen LogP contribution in [0.5, 0.6) is 0 Å². The van der Waals surface area contributed by atoms with Gasteiger partial charge in [0, 0.05) is 58.2 Å². The largest absolute Gasteiger partial charge is 0.466 e. The number of rotatable bonds is 0. The van der Waals surface area contributed by atoms with Crippen molar-refractivity contribution in [1.82, 2.24) is 0 Å². The minimum atomic E-state index is -4.64. The van der Waals surface area contributed by atoms with Crippen molar-refractivity contribution in [2.24, 2.45) is 0 Å². The van der Waals surface area contributed by atoms with E-state index < -0.39 is 7.82 Å². The fourth-order valence-corrected chi connectivity index (χ4v) is 0. The Labute approximate surface area is 83.6 Å². The Morgan fingerprint density at radius 1 is 1.17 bits per heavy atom. The fraction of sp³-hybridized carbons (Fsp3) is 0. The number of phosphoric acid groups is 1. The van der Waals surface area contributed by atoms with Crippen LogP contribution in [0.4, 0.5) is 0 Å². The van der Waals surface area contributed by atoms with Gasteiger partial charge in [-0.3, -0.25) is 0 Å². The first-order valence-corrected chi connectivity index (χ1v) is 2.35.